The quantitative estimate of drug-likeness (QED) is 0.267. The van der Waals surface area contributed by atoms with Crippen molar-refractivity contribution in [2.45, 2.75) is 89.9 Å². The van der Waals surface area contributed by atoms with Crippen LogP contribution in [0, 0.1) is 22.7 Å². The maximum atomic E-state index is 14.2. The van der Waals surface area contributed by atoms with Crippen LogP contribution in [-0.4, -0.2) is 98.0 Å². The SMILES string of the molecule is COc1cc2cc(c1Cl)N(C)C(=O)C[C@H](OC(=O)[C@H](C)N(C)C(=O)CCS)C1(C)C3C[C@]31C(C)[C@@H]1C[C@@](O)(NC(=O)O1)[C@H](OC)/C=C/C=C(\C)C2. The Bertz CT molecular complexity index is 1640. The minimum absolute atomic E-state index is 0.0430. The Kier molecular flexibility index (Phi) is 11.2. The van der Waals surface area contributed by atoms with Gasteiger partial charge in [-0.2, -0.15) is 12.6 Å². The van der Waals surface area contributed by atoms with Crippen LogP contribution >= 0.6 is 24.2 Å². The second-order valence-electron chi connectivity index (χ2n) is 14.7. The van der Waals surface area contributed by atoms with Gasteiger partial charge in [0.1, 0.15) is 35.1 Å². The number of alkyl carbamates (subject to hydrolysis) is 1. The molecule has 14 heteroatoms. The van der Waals surface area contributed by atoms with Crippen molar-refractivity contribution in [1.29, 1.82) is 0 Å². The molecule has 5 rings (SSSR count). The number of carbonyl (C=O) groups excluding carboxylic acids is 4. The van der Waals surface area contributed by atoms with Gasteiger partial charge in [-0.15, -0.1) is 0 Å². The van der Waals surface area contributed by atoms with Crippen LogP contribution in [0.1, 0.15) is 58.9 Å². The number of hydrogen-bond acceptors (Lipinski definition) is 10. The number of anilines is 1. The molecule has 1 spiro atoms. The van der Waals surface area contributed by atoms with E-state index in [1.807, 2.05) is 39.0 Å². The number of hydrogen-bond donors (Lipinski definition) is 3. The molecule has 2 N–H and O–H groups in total. The number of ether oxygens (including phenoxy) is 4. The molecule has 12 nitrogen and oxygen atoms in total. The van der Waals surface area contributed by atoms with Crippen molar-refractivity contribution in [3.8, 4) is 5.75 Å². The maximum Gasteiger partial charge on any atom is 0.409 e. The van der Waals surface area contributed by atoms with Gasteiger partial charge >= 0.3 is 12.1 Å². The number of esters is 1. The number of amides is 3. The number of nitrogens with zero attached hydrogens (tertiary/aromatic N) is 2. The van der Waals surface area contributed by atoms with E-state index in [1.165, 1.54) is 31.1 Å². The predicted molar refractivity (Wildman–Crippen MR) is 195 cm³/mol. The summed E-state index contributed by atoms with van der Waals surface area (Å²) in [7, 11) is 6.13. The van der Waals surface area contributed by atoms with E-state index in [4.69, 9.17) is 30.5 Å². The summed E-state index contributed by atoms with van der Waals surface area (Å²) < 4.78 is 23.3. The molecule has 9 atom stereocenters. The lowest BCUT2D eigenvalue weighted by Gasteiger charge is -2.44. The summed E-state index contributed by atoms with van der Waals surface area (Å²) in [5.74, 6) is -0.726. The number of nitrogens with one attached hydrogen (secondary N) is 1. The zero-order chi connectivity index (χ0) is 37.6. The largest absolute Gasteiger partial charge is 0.495 e. The fourth-order valence-corrected chi connectivity index (χ4v) is 8.95. The molecule has 1 saturated heterocycles. The third-order valence-electron chi connectivity index (χ3n) is 11.9. The summed E-state index contributed by atoms with van der Waals surface area (Å²) in [6.07, 6.45) is 3.38. The summed E-state index contributed by atoms with van der Waals surface area (Å²) in [4.78, 5) is 56.3. The highest BCUT2D eigenvalue weighted by atomic mass is 35.5. The van der Waals surface area contributed by atoms with E-state index in [1.54, 1.807) is 26.1 Å². The van der Waals surface area contributed by atoms with Crippen LogP contribution in [-0.2, 0) is 35.0 Å². The highest BCUT2D eigenvalue weighted by molar-refractivity contribution is 7.80. The van der Waals surface area contributed by atoms with Gasteiger partial charge in [0, 0.05) is 39.5 Å². The second kappa shape index (κ2) is 14.6. The van der Waals surface area contributed by atoms with Crippen LogP contribution in [0.15, 0.2) is 35.9 Å². The molecule has 3 fully saturated rings. The molecule has 0 aromatic heterocycles. The molecule has 2 aliphatic heterocycles. The standard InChI is InChI=1S/C37H50ClN3O9S/c1-20-10-9-11-28(48-8)37(46)18-26(49-34(45)39-37)21(2)36-19-27(36)35(36,4)29(50-33(44)22(3)40(5)30(42)12-13-51)17-31(43)41(6)24-15-23(14-20)16-25(47-7)32(24)38/h9-11,15-16,21-22,26-29,46,51H,12-14,17-19H2,1-8H3,(H,39,45)/b11-9+,20-10+/t21?,22-,26-,27?,28+,29-,35?,36-,37-/m0/s1. The number of thiol groups is 1. The fourth-order valence-electron chi connectivity index (χ4n) is 8.45. The third kappa shape index (κ3) is 6.98. The smallest absolute Gasteiger partial charge is 0.409 e. The van der Waals surface area contributed by atoms with Crippen molar-refractivity contribution >= 4 is 53.8 Å². The summed E-state index contributed by atoms with van der Waals surface area (Å²) >= 11 is 10.9. The third-order valence-corrected chi connectivity index (χ3v) is 12.5. The summed E-state index contributed by atoms with van der Waals surface area (Å²) in [6, 6.07) is 2.73. The van der Waals surface area contributed by atoms with E-state index in [-0.39, 0.29) is 47.9 Å². The lowest BCUT2D eigenvalue weighted by Crippen LogP contribution is -2.63. The molecule has 3 unspecified atom stereocenters. The van der Waals surface area contributed by atoms with Gasteiger partial charge in [0.2, 0.25) is 11.8 Å². The minimum Gasteiger partial charge on any atom is -0.495 e. The highest BCUT2D eigenvalue weighted by Gasteiger charge is 2.91. The Morgan fingerprint density at radius 2 is 1.96 bits per heavy atom. The topological polar surface area (TPSA) is 144 Å². The molecule has 4 aliphatic rings. The molecule has 3 amide bonds. The first-order valence-corrected chi connectivity index (χ1v) is 18.3. The summed E-state index contributed by atoms with van der Waals surface area (Å²) in [5.41, 5.74) is -0.659. The number of allylic oxidation sites excluding steroid dienone is 3. The number of fused-ring (bicyclic) bond motifs is 5. The minimum atomic E-state index is -1.76. The van der Waals surface area contributed by atoms with Gasteiger partial charge < -0.3 is 33.9 Å². The molecule has 2 heterocycles. The van der Waals surface area contributed by atoms with Gasteiger partial charge in [-0.05, 0) is 67.4 Å². The Morgan fingerprint density at radius 1 is 1.25 bits per heavy atom. The number of aliphatic hydroxyl groups is 1. The van der Waals surface area contributed by atoms with Crippen molar-refractivity contribution in [1.82, 2.24) is 10.2 Å². The first-order chi connectivity index (χ1) is 24.0. The number of methoxy groups -OCH3 is 2. The van der Waals surface area contributed by atoms with E-state index < -0.39 is 53.0 Å². The summed E-state index contributed by atoms with van der Waals surface area (Å²) in [5, 5.41) is 14.7. The summed E-state index contributed by atoms with van der Waals surface area (Å²) in [6.45, 7) is 7.49. The average molecular weight is 748 g/mol. The Hall–Kier alpha value is -3.26. The van der Waals surface area contributed by atoms with Gasteiger partial charge in [0.15, 0.2) is 5.72 Å². The van der Waals surface area contributed by atoms with Crippen LogP contribution in [0.3, 0.4) is 0 Å². The van der Waals surface area contributed by atoms with E-state index in [9.17, 15) is 24.3 Å². The fraction of sp³-hybridized carbons (Fsp3) is 0.622. The van der Waals surface area contributed by atoms with Crippen LogP contribution in [0.2, 0.25) is 5.02 Å². The van der Waals surface area contributed by atoms with E-state index >= 15 is 0 Å². The molecule has 51 heavy (non-hydrogen) atoms. The van der Waals surface area contributed by atoms with Crippen molar-refractivity contribution in [3.05, 3.63) is 46.5 Å². The van der Waals surface area contributed by atoms with Crippen LogP contribution in [0.5, 0.6) is 5.75 Å². The first kappa shape index (κ1) is 39.0. The van der Waals surface area contributed by atoms with Crippen molar-refractivity contribution in [2.75, 3.05) is 39.0 Å². The van der Waals surface area contributed by atoms with Gasteiger partial charge in [0.05, 0.1) is 19.2 Å². The maximum absolute atomic E-state index is 14.2. The zero-order valence-electron chi connectivity index (χ0n) is 30.5. The number of rotatable bonds is 7. The molecule has 2 aliphatic carbocycles. The van der Waals surface area contributed by atoms with E-state index in [0.29, 0.717) is 23.6 Å². The normalized spacial score (nSPS) is 35.5. The van der Waals surface area contributed by atoms with Gasteiger partial charge in [-0.25, -0.2) is 9.59 Å². The lowest BCUT2D eigenvalue weighted by atomic mass is 9.74. The monoisotopic (exact) mass is 747 g/mol. The lowest BCUT2D eigenvalue weighted by molar-refractivity contribution is -0.166. The van der Waals surface area contributed by atoms with Crippen molar-refractivity contribution in [3.63, 3.8) is 0 Å². The molecule has 4 bridgehead atoms. The number of benzene rings is 1. The predicted octanol–water partition coefficient (Wildman–Crippen LogP) is 4.70. The van der Waals surface area contributed by atoms with Gasteiger partial charge in [-0.1, -0.05) is 49.2 Å². The molecule has 2 saturated carbocycles. The van der Waals surface area contributed by atoms with E-state index in [0.717, 1.165) is 17.6 Å². The van der Waals surface area contributed by atoms with Crippen molar-refractivity contribution < 1.29 is 43.2 Å². The molecule has 0 radical (unpaired) electrons. The molecule has 1 aromatic carbocycles. The Morgan fingerprint density at radius 3 is 2.59 bits per heavy atom. The van der Waals surface area contributed by atoms with Crippen molar-refractivity contribution in [2.24, 2.45) is 22.7 Å². The molecule has 1 aromatic rings. The second-order valence-corrected chi connectivity index (χ2v) is 15.5. The Balaban J connectivity index is 1.57. The highest BCUT2D eigenvalue weighted by Crippen LogP contribution is 2.92. The average Bonchev–Trinajstić information content (AvgIpc) is 3.97. The van der Waals surface area contributed by atoms with Crippen LogP contribution in [0.25, 0.3) is 0 Å². The number of carbonyl (C=O) groups is 4. The first-order valence-electron chi connectivity index (χ1n) is 17.3. The van der Waals surface area contributed by atoms with E-state index in [2.05, 4.69) is 17.9 Å². The Labute approximate surface area is 310 Å². The number of halogens is 1. The zero-order valence-corrected chi connectivity index (χ0v) is 32.2. The van der Waals surface area contributed by atoms with Crippen LogP contribution < -0.4 is 15.0 Å². The van der Waals surface area contributed by atoms with Crippen LogP contribution in [0.4, 0.5) is 10.5 Å². The molecular weight excluding hydrogens is 698 g/mol. The molecular formula is C37H50ClN3O9S. The van der Waals surface area contributed by atoms with Gasteiger partial charge in [-0.3, -0.25) is 14.9 Å². The molecule has 280 valence electrons. The number of likely N-dealkylation sites (N-methyl/N-ethyl adjacent to an activating group) is 1. The van der Waals surface area contributed by atoms with Gasteiger partial charge in [0.25, 0.3) is 0 Å².